The molecule has 3 nitrogen and oxygen atoms in total. The van der Waals surface area contributed by atoms with Crippen LogP contribution in [0.2, 0.25) is 19.1 Å². The average Bonchev–Trinajstić information content (AvgIpc) is 2.27. The molecule has 0 saturated carbocycles. The van der Waals surface area contributed by atoms with Gasteiger partial charge in [-0.05, 0) is 31.3 Å². The summed E-state index contributed by atoms with van der Waals surface area (Å²) in [5.41, 5.74) is 0.996. The van der Waals surface area contributed by atoms with Crippen molar-refractivity contribution in [2.45, 2.75) is 25.7 Å². The number of rotatable bonds is 4. The topological polar surface area (TPSA) is 27.7 Å². The normalized spacial score (nSPS) is 17.5. The minimum atomic E-state index is -2.61. The van der Waals surface area contributed by atoms with Crippen molar-refractivity contribution in [3.8, 4) is 11.5 Å². The van der Waals surface area contributed by atoms with Crippen molar-refractivity contribution in [3.05, 3.63) is 23.8 Å². The van der Waals surface area contributed by atoms with Crippen LogP contribution in [0.15, 0.2) is 18.2 Å². The van der Waals surface area contributed by atoms with E-state index in [9.17, 15) is 0 Å². The molecule has 1 aromatic carbocycles. The SMILES string of the molecule is C[Si]1(C)OCc2cc(OCC[Si](Cl)(Cl)Cl)ccc2O1. The molecule has 0 aliphatic carbocycles. The minimum Gasteiger partial charge on any atom is -0.520 e. The molecule has 0 saturated heterocycles. The third-order valence-electron chi connectivity index (χ3n) is 2.62. The Hall–Kier alpha value is 0.0838. The molecule has 2 rings (SSSR count). The maximum atomic E-state index is 5.84. The monoisotopic (exact) mass is 356 g/mol. The number of halogens is 3. The van der Waals surface area contributed by atoms with Gasteiger partial charge >= 0.3 is 14.6 Å². The Balaban J connectivity index is 1.98. The molecule has 106 valence electrons. The first-order chi connectivity index (χ1) is 8.75. The van der Waals surface area contributed by atoms with E-state index >= 15 is 0 Å². The Morgan fingerprint density at radius 3 is 2.74 bits per heavy atom. The molecule has 0 radical (unpaired) electrons. The van der Waals surface area contributed by atoms with Crippen LogP contribution in [0.25, 0.3) is 0 Å². The number of benzene rings is 1. The predicted molar refractivity (Wildman–Crippen MR) is 83.0 cm³/mol. The number of ether oxygens (including phenoxy) is 1. The standard InChI is InChI=1S/C11H15Cl3O3Si2/c1-18(2)16-8-9-7-10(3-4-11(9)17-18)15-5-6-19(12,13)14/h3-4,7H,5-6,8H2,1-2H3. The van der Waals surface area contributed by atoms with Crippen LogP contribution in [0, 0.1) is 0 Å². The van der Waals surface area contributed by atoms with E-state index < -0.39 is 14.6 Å². The first-order valence-electron chi connectivity index (χ1n) is 5.91. The average molecular weight is 358 g/mol. The van der Waals surface area contributed by atoms with Crippen molar-refractivity contribution in [2.24, 2.45) is 0 Å². The Morgan fingerprint density at radius 1 is 1.32 bits per heavy atom. The van der Waals surface area contributed by atoms with E-state index in [2.05, 4.69) is 0 Å². The van der Waals surface area contributed by atoms with Gasteiger partial charge in [-0.25, -0.2) is 0 Å². The molecule has 1 aromatic rings. The minimum absolute atomic E-state index is 0.406. The molecular weight excluding hydrogens is 343 g/mol. The van der Waals surface area contributed by atoms with Gasteiger partial charge in [0, 0.05) is 11.6 Å². The summed E-state index contributed by atoms with van der Waals surface area (Å²) in [5, 5.41) is 0. The molecule has 0 N–H and O–H groups in total. The molecule has 0 atom stereocenters. The van der Waals surface area contributed by atoms with Crippen molar-refractivity contribution >= 4 is 47.8 Å². The highest BCUT2D eigenvalue weighted by Crippen LogP contribution is 2.32. The van der Waals surface area contributed by atoms with Gasteiger partial charge in [-0.3, -0.25) is 0 Å². The van der Waals surface area contributed by atoms with Gasteiger partial charge in [0.25, 0.3) is 0 Å². The molecule has 19 heavy (non-hydrogen) atoms. The van der Waals surface area contributed by atoms with E-state index in [-0.39, 0.29) is 0 Å². The summed E-state index contributed by atoms with van der Waals surface area (Å²) in [5.74, 6) is 1.63. The fourth-order valence-corrected chi connectivity index (χ4v) is 4.01. The molecule has 8 heteroatoms. The number of fused-ring (bicyclic) bond motifs is 1. The summed E-state index contributed by atoms with van der Waals surface area (Å²) in [7, 11) is -2.00. The van der Waals surface area contributed by atoms with E-state index in [1.165, 1.54) is 0 Å². The summed E-state index contributed by atoms with van der Waals surface area (Å²) >= 11 is 17.4. The lowest BCUT2D eigenvalue weighted by Gasteiger charge is -2.30. The Morgan fingerprint density at radius 2 is 2.05 bits per heavy atom. The van der Waals surface area contributed by atoms with Crippen LogP contribution in [0.1, 0.15) is 5.56 Å². The fourth-order valence-electron chi connectivity index (χ4n) is 1.69. The number of hydrogen-bond acceptors (Lipinski definition) is 3. The van der Waals surface area contributed by atoms with E-state index in [1.54, 1.807) is 0 Å². The summed E-state index contributed by atoms with van der Waals surface area (Å²) in [4.78, 5) is 0. The van der Waals surface area contributed by atoms with Gasteiger partial charge in [-0.15, -0.1) is 33.2 Å². The zero-order chi connectivity index (χ0) is 14.1. The van der Waals surface area contributed by atoms with Gasteiger partial charge in [0.15, 0.2) is 0 Å². The second-order valence-electron chi connectivity index (χ2n) is 4.77. The van der Waals surface area contributed by atoms with Crippen LogP contribution < -0.4 is 9.16 Å². The zero-order valence-corrected chi connectivity index (χ0v) is 15.0. The van der Waals surface area contributed by atoms with Crippen LogP contribution in [0.5, 0.6) is 11.5 Å². The first kappa shape index (κ1) is 15.5. The molecule has 0 amide bonds. The smallest absolute Gasteiger partial charge is 0.392 e. The third-order valence-corrected chi connectivity index (χ3v) is 6.64. The first-order valence-corrected chi connectivity index (χ1v) is 14.0. The van der Waals surface area contributed by atoms with Crippen LogP contribution in [0.4, 0.5) is 0 Å². The molecule has 0 aromatic heterocycles. The van der Waals surface area contributed by atoms with Gasteiger partial charge in [0.1, 0.15) is 11.5 Å². The molecule has 1 aliphatic heterocycles. The van der Waals surface area contributed by atoms with Crippen molar-refractivity contribution in [1.29, 1.82) is 0 Å². The maximum absolute atomic E-state index is 5.84. The highest BCUT2D eigenvalue weighted by Gasteiger charge is 2.32. The highest BCUT2D eigenvalue weighted by atomic mass is 35.8. The number of hydrogen-bond donors (Lipinski definition) is 0. The largest absolute Gasteiger partial charge is 0.520 e. The van der Waals surface area contributed by atoms with Crippen LogP contribution in [-0.4, -0.2) is 21.2 Å². The van der Waals surface area contributed by atoms with Crippen LogP contribution >= 0.6 is 33.2 Å². The van der Waals surface area contributed by atoms with Gasteiger partial charge in [0.05, 0.1) is 13.2 Å². The molecule has 0 fully saturated rings. The molecule has 0 unspecified atom stereocenters. The Labute approximate surface area is 129 Å². The lowest BCUT2D eigenvalue weighted by Crippen LogP contribution is -2.41. The van der Waals surface area contributed by atoms with E-state index in [1.807, 2.05) is 31.3 Å². The van der Waals surface area contributed by atoms with E-state index in [4.69, 9.17) is 46.8 Å². The summed E-state index contributed by atoms with van der Waals surface area (Å²) in [6.07, 6.45) is 0. The van der Waals surface area contributed by atoms with E-state index in [0.29, 0.717) is 19.3 Å². The van der Waals surface area contributed by atoms with Crippen molar-refractivity contribution in [3.63, 3.8) is 0 Å². The molecule has 1 aliphatic rings. The predicted octanol–water partition coefficient (Wildman–Crippen LogP) is 4.33. The van der Waals surface area contributed by atoms with Crippen molar-refractivity contribution in [2.75, 3.05) is 6.61 Å². The summed E-state index contributed by atoms with van der Waals surface area (Å²) in [6, 6.07) is 3.56. The second-order valence-corrected chi connectivity index (χ2v) is 17.3. The third kappa shape index (κ3) is 4.84. The van der Waals surface area contributed by atoms with Crippen molar-refractivity contribution in [1.82, 2.24) is 0 Å². The van der Waals surface area contributed by atoms with Gasteiger partial charge in [-0.1, -0.05) is 0 Å². The zero-order valence-electron chi connectivity index (χ0n) is 10.7. The quantitative estimate of drug-likeness (QED) is 0.593. The van der Waals surface area contributed by atoms with Crippen LogP contribution in [-0.2, 0) is 11.0 Å². The molecule has 0 spiro atoms. The maximum Gasteiger partial charge on any atom is 0.392 e. The summed E-state index contributed by atoms with van der Waals surface area (Å²) < 4.78 is 17.1. The fraction of sp³-hybridized carbons (Fsp3) is 0.455. The van der Waals surface area contributed by atoms with Crippen molar-refractivity contribution < 1.29 is 13.6 Å². The highest BCUT2D eigenvalue weighted by molar-refractivity contribution is 7.64. The molecule has 1 heterocycles. The van der Waals surface area contributed by atoms with Gasteiger partial charge < -0.3 is 13.6 Å². The molecular formula is C11H15Cl3O3Si2. The lowest BCUT2D eigenvalue weighted by atomic mass is 10.2. The van der Waals surface area contributed by atoms with E-state index in [0.717, 1.165) is 17.1 Å². The van der Waals surface area contributed by atoms with Gasteiger partial charge in [-0.2, -0.15) is 0 Å². The summed E-state index contributed by atoms with van der Waals surface area (Å²) in [6.45, 7) is 5.01. The Kier molecular flexibility index (Phi) is 4.75. The Bertz CT molecular complexity index is 463. The lowest BCUT2D eigenvalue weighted by molar-refractivity contribution is 0.210. The molecule has 0 bridgehead atoms. The van der Waals surface area contributed by atoms with Crippen LogP contribution in [0.3, 0.4) is 0 Å². The van der Waals surface area contributed by atoms with Gasteiger partial charge in [0.2, 0.25) is 0 Å². The second kappa shape index (κ2) is 5.83.